The molecule has 0 aromatic heterocycles. The molecule has 90 valence electrons. The number of ketones is 1. The molecule has 2 nitrogen and oxygen atoms in total. The molecule has 2 aliphatic rings. The van der Waals surface area contributed by atoms with E-state index in [-0.39, 0.29) is 5.92 Å². The van der Waals surface area contributed by atoms with Crippen LogP contribution < -0.4 is 5.32 Å². The van der Waals surface area contributed by atoms with Gasteiger partial charge in [0.25, 0.3) is 0 Å². The fraction of sp³-hybridized carbons (Fsp3) is 0.533. The van der Waals surface area contributed by atoms with Crippen LogP contribution in [0.2, 0.25) is 0 Å². The molecule has 0 unspecified atom stereocenters. The summed E-state index contributed by atoms with van der Waals surface area (Å²) in [5.74, 6) is 0.751. The van der Waals surface area contributed by atoms with Crippen molar-refractivity contribution >= 4 is 5.78 Å². The molecule has 1 N–H and O–H groups in total. The van der Waals surface area contributed by atoms with Gasteiger partial charge in [-0.3, -0.25) is 4.79 Å². The minimum atomic E-state index is 0.266. The summed E-state index contributed by atoms with van der Waals surface area (Å²) in [7, 11) is 0. The molecule has 2 heteroatoms. The van der Waals surface area contributed by atoms with Gasteiger partial charge in [0.15, 0.2) is 0 Å². The average Bonchev–Trinajstić information content (AvgIpc) is 2.72. The highest BCUT2D eigenvalue weighted by Crippen LogP contribution is 2.36. The van der Waals surface area contributed by atoms with E-state index in [1.807, 2.05) is 6.07 Å². The Balaban J connectivity index is 1.78. The number of hydrogen-bond acceptors (Lipinski definition) is 2. The zero-order valence-electron chi connectivity index (χ0n) is 10.1. The molecular formula is C15H19NO. The third-order valence-corrected chi connectivity index (χ3v) is 4.19. The molecule has 2 fully saturated rings. The van der Waals surface area contributed by atoms with E-state index in [1.165, 1.54) is 18.4 Å². The van der Waals surface area contributed by atoms with Crippen LogP contribution in [0.3, 0.4) is 0 Å². The predicted octanol–water partition coefficient (Wildman–Crippen LogP) is 2.85. The van der Waals surface area contributed by atoms with Crippen molar-refractivity contribution < 1.29 is 4.79 Å². The van der Waals surface area contributed by atoms with Crippen LogP contribution in [0.1, 0.15) is 43.7 Å². The second-order valence-electron chi connectivity index (χ2n) is 5.29. The van der Waals surface area contributed by atoms with E-state index >= 15 is 0 Å². The molecule has 0 amide bonds. The molecule has 3 atom stereocenters. The van der Waals surface area contributed by atoms with Crippen LogP contribution >= 0.6 is 0 Å². The number of Topliss-reactive ketones (excluding diaryl/α,β-unsaturated/α-hetero) is 1. The van der Waals surface area contributed by atoms with Gasteiger partial charge in [-0.1, -0.05) is 36.8 Å². The standard InChI is InChI=1S/C15H19NO/c17-15-9-5-4-8-13-12(15)10-14(16-13)11-6-2-1-3-7-11/h1-3,6-7,12-14,16H,4-5,8-10H2/t12-,13+,14-/m0/s1. The van der Waals surface area contributed by atoms with Crippen LogP contribution in [0.4, 0.5) is 0 Å². The van der Waals surface area contributed by atoms with Crippen molar-refractivity contribution in [1.29, 1.82) is 0 Å². The molecule has 0 spiro atoms. The third kappa shape index (κ3) is 2.14. The predicted molar refractivity (Wildman–Crippen MR) is 67.7 cm³/mol. The summed E-state index contributed by atoms with van der Waals surface area (Å²) in [5.41, 5.74) is 1.33. The first kappa shape index (κ1) is 11.0. The number of hydrogen-bond donors (Lipinski definition) is 1. The van der Waals surface area contributed by atoms with E-state index < -0.39 is 0 Å². The van der Waals surface area contributed by atoms with Crippen LogP contribution in [0.25, 0.3) is 0 Å². The van der Waals surface area contributed by atoms with Crippen LogP contribution in [0.15, 0.2) is 30.3 Å². The van der Waals surface area contributed by atoms with Crippen LogP contribution in [-0.4, -0.2) is 11.8 Å². The van der Waals surface area contributed by atoms with E-state index in [0.717, 1.165) is 19.3 Å². The topological polar surface area (TPSA) is 29.1 Å². The first-order valence-corrected chi connectivity index (χ1v) is 6.68. The minimum Gasteiger partial charge on any atom is -0.306 e. The summed E-state index contributed by atoms with van der Waals surface area (Å²) in [6, 6.07) is 11.3. The zero-order valence-corrected chi connectivity index (χ0v) is 10.1. The lowest BCUT2D eigenvalue weighted by atomic mass is 9.92. The molecule has 0 radical (unpaired) electrons. The summed E-state index contributed by atoms with van der Waals surface area (Å²) in [6.45, 7) is 0. The minimum absolute atomic E-state index is 0.266. The van der Waals surface area contributed by atoms with Gasteiger partial charge in [0.05, 0.1) is 0 Å². The maximum Gasteiger partial charge on any atom is 0.137 e. The Morgan fingerprint density at radius 2 is 1.94 bits per heavy atom. The number of carbonyl (C=O) groups excluding carboxylic acids is 1. The molecule has 0 bridgehead atoms. The van der Waals surface area contributed by atoms with Gasteiger partial charge < -0.3 is 5.32 Å². The van der Waals surface area contributed by atoms with E-state index in [4.69, 9.17) is 0 Å². The van der Waals surface area contributed by atoms with Gasteiger partial charge in [0.2, 0.25) is 0 Å². The van der Waals surface area contributed by atoms with E-state index in [0.29, 0.717) is 17.9 Å². The Kier molecular flexibility index (Phi) is 2.98. The van der Waals surface area contributed by atoms with Gasteiger partial charge in [-0.05, 0) is 24.8 Å². The lowest BCUT2D eigenvalue weighted by Gasteiger charge is -2.14. The largest absolute Gasteiger partial charge is 0.306 e. The Labute approximate surface area is 102 Å². The van der Waals surface area contributed by atoms with Gasteiger partial charge >= 0.3 is 0 Å². The summed E-state index contributed by atoms with van der Waals surface area (Å²) in [5, 5.41) is 3.66. The molecule has 1 aromatic rings. The van der Waals surface area contributed by atoms with E-state index in [9.17, 15) is 4.79 Å². The Hall–Kier alpha value is -1.15. The fourth-order valence-electron chi connectivity index (χ4n) is 3.27. The summed E-state index contributed by atoms with van der Waals surface area (Å²) >= 11 is 0. The molecule has 1 aromatic carbocycles. The normalized spacial score (nSPS) is 33.2. The van der Waals surface area contributed by atoms with Crippen molar-refractivity contribution in [3.63, 3.8) is 0 Å². The van der Waals surface area contributed by atoms with Crippen LogP contribution in [0, 0.1) is 5.92 Å². The molecule has 1 heterocycles. The molecule has 1 aliphatic carbocycles. The summed E-state index contributed by atoms with van der Waals surface area (Å²) < 4.78 is 0. The van der Waals surface area contributed by atoms with Gasteiger partial charge in [-0.2, -0.15) is 0 Å². The lowest BCUT2D eigenvalue weighted by molar-refractivity contribution is -0.122. The Bertz CT molecular complexity index is 401. The van der Waals surface area contributed by atoms with E-state index in [2.05, 4.69) is 29.6 Å². The molecule has 1 aliphatic heterocycles. The molecule has 17 heavy (non-hydrogen) atoms. The van der Waals surface area contributed by atoms with Crippen molar-refractivity contribution in [3.8, 4) is 0 Å². The molecule has 3 rings (SSSR count). The third-order valence-electron chi connectivity index (χ3n) is 4.19. The van der Waals surface area contributed by atoms with Gasteiger partial charge in [0, 0.05) is 24.4 Å². The average molecular weight is 229 g/mol. The highest BCUT2D eigenvalue weighted by Gasteiger charge is 2.38. The highest BCUT2D eigenvalue weighted by atomic mass is 16.1. The van der Waals surface area contributed by atoms with E-state index in [1.54, 1.807) is 0 Å². The Morgan fingerprint density at radius 1 is 1.12 bits per heavy atom. The van der Waals surface area contributed by atoms with Crippen molar-refractivity contribution in [2.75, 3.05) is 0 Å². The quantitative estimate of drug-likeness (QED) is 0.802. The van der Waals surface area contributed by atoms with Crippen molar-refractivity contribution in [1.82, 2.24) is 5.32 Å². The van der Waals surface area contributed by atoms with Crippen LogP contribution in [-0.2, 0) is 4.79 Å². The second-order valence-corrected chi connectivity index (χ2v) is 5.29. The second kappa shape index (κ2) is 4.61. The Morgan fingerprint density at radius 3 is 2.76 bits per heavy atom. The summed E-state index contributed by atoms with van der Waals surface area (Å²) in [4.78, 5) is 12.0. The van der Waals surface area contributed by atoms with Crippen molar-refractivity contribution in [3.05, 3.63) is 35.9 Å². The smallest absolute Gasteiger partial charge is 0.137 e. The highest BCUT2D eigenvalue weighted by molar-refractivity contribution is 5.82. The number of benzene rings is 1. The maximum absolute atomic E-state index is 12.0. The zero-order chi connectivity index (χ0) is 11.7. The number of carbonyl (C=O) groups is 1. The SMILES string of the molecule is O=C1CCCC[C@H]2N[C@H](c3ccccc3)C[C@H]12. The van der Waals surface area contributed by atoms with Gasteiger partial charge in [-0.25, -0.2) is 0 Å². The van der Waals surface area contributed by atoms with Crippen molar-refractivity contribution in [2.24, 2.45) is 5.92 Å². The molecule has 1 saturated carbocycles. The number of rotatable bonds is 1. The first-order chi connectivity index (χ1) is 8.34. The summed E-state index contributed by atoms with van der Waals surface area (Å²) in [6.07, 6.45) is 5.24. The number of fused-ring (bicyclic) bond motifs is 1. The molecule has 1 saturated heterocycles. The number of nitrogens with one attached hydrogen (secondary N) is 1. The fourth-order valence-corrected chi connectivity index (χ4v) is 3.27. The van der Waals surface area contributed by atoms with Crippen LogP contribution in [0.5, 0.6) is 0 Å². The maximum atomic E-state index is 12.0. The van der Waals surface area contributed by atoms with Crippen molar-refractivity contribution in [2.45, 2.75) is 44.2 Å². The lowest BCUT2D eigenvalue weighted by Crippen LogP contribution is -2.30. The first-order valence-electron chi connectivity index (χ1n) is 6.68. The monoisotopic (exact) mass is 229 g/mol. The van der Waals surface area contributed by atoms with Gasteiger partial charge in [-0.15, -0.1) is 0 Å². The molecular weight excluding hydrogens is 210 g/mol. The van der Waals surface area contributed by atoms with Gasteiger partial charge in [0.1, 0.15) is 5.78 Å².